The third-order valence-corrected chi connectivity index (χ3v) is 4.55. The standard InChI is InChI=1S/C23H22N2O2/c1-23(2,26)19-11-7-6-10-18(19)16-12-13-20-21(14-16)25-22(24-20)15-27-17-8-4-3-5-9-17/h3-14,26H,15H2,1-2H3,(H,24,25). The molecule has 0 saturated carbocycles. The average Bonchev–Trinajstić information content (AvgIpc) is 3.08. The first-order chi connectivity index (χ1) is 13.0. The second kappa shape index (κ2) is 6.89. The van der Waals surface area contributed by atoms with E-state index >= 15 is 0 Å². The van der Waals surface area contributed by atoms with E-state index in [9.17, 15) is 5.11 Å². The summed E-state index contributed by atoms with van der Waals surface area (Å²) in [6.45, 7) is 3.99. The van der Waals surface area contributed by atoms with Gasteiger partial charge < -0.3 is 14.8 Å². The molecule has 0 bridgehead atoms. The molecule has 4 rings (SSSR count). The topological polar surface area (TPSA) is 58.1 Å². The molecular weight excluding hydrogens is 336 g/mol. The van der Waals surface area contributed by atoms with Gasteiger partial charge in [0.15, 0.2) is 0 Å². The number of aliphatic hydroxyl groups is 1. The lowest BCUT2D eigenvalue weighted by molar-refractivity contribution is 0.0792. The smallest absolute Gasteiger partial charge is 0.146 e. The Bertz CT molecular complexity index is 1060. The molecule has 4 nitrogen and oxygen atoms in total. The second-order valence-electron chi connectivity index (χ2n) is 7.12. The Hall–Kier alpha value is -3.11. The molecule has 0 saturated heterocycles. The Kier molecular flexibility index (Phi) is 4.42. The van der Waals surface area contributed by atoms with Gasteiger partial charge in [0.05, 0.1) is 16.6 Å². The molecule has 3 aromatic carbocycles. The highest BCUT2D eigenvalue weighted by atomic mass is 16.5. The molecular formula is C23H22N2O2. The summed E-state index contributed by atoms with van der Waals surface area (Å²) >= 11 is 0. The number of hydrogen-bond acceptors (Lipinski definition) is 3. The van der Waals surface area contributed by atoms with Crippen LogP contribution in [0.25, 0.3) is 22.2 Å². The van der Waals surface area contributed by atoms with Gasteiger partial charge in [-0.15, -0.1) is 0 Å². The molecule has 27 heavy (non-hydrogen) atoms. The van der Waals surface area contributed by atoms with Crippen molar-refractivity contribution >= 4 is 11.0 Å². The van der Waals surface area contributed by atoms with Crippen LogP contribution >= 0.6 is 0 Å². The Morgan fingerprint density at radius 1 is 0.963 bits per heavy atom. The van der Waals surface area contributed by atoms with Gasteiger partial charge >= 0.3 is 0 Å². The monoisotopic (exact) mass is 358 g/mol. The lowest BCUT2D eigenvalue weighted by Gasteiger charge is -2.21. The molecule has 0 atom stereocenters. The zero-order valence-corrected chi connectivity index (χ0v) is 15.4. The molecule has 0 aliphatic rings. The minimum absolute atomic E-state index is 0.383. The predicted octanol–water partition coefficient (Wildman–Crippen LogP) is 5.04. The largest absolute Gasteiger partial charge is 0.486 e. The van der Waals surface area contributed by atoms with Gasteiger partial charge in [0.1, 0.15) is 18.2 Å². The zero-order chi connectivity index (χ0) is 18.9. The minimum Gasteiger partial charge on any atom is -0.486 e. The molecule has 0 unspecified atom stereocenters. The van der Waals surface area contributed by atoms with E-state index in [4.69, 9.17) is 4.74 Å². The number of benzene rings is 3. The molecule has 0 radical (unpaired) electrons. The van der Waals surface area contributed by atoms with Crippen molar-refractivity contribution in [3.63, 3.8) is 0 Å². The second-order valence-corrected chi connectivity index (χ2v) is 7.12. The van der Waals surface area contributed by atoms with Crippen molar-refractivity contribution < 1.29 is 9.84 Å². The van der Waals surface area contributed by atoms with Gasteiger partial charge in [-0.1, -0.05) is 48.5 Å². The molecule has 4 aromatic rings. The molecule has 1 aromatic heterocycles. The van der Waals surface area contributed by atoms with E-state index in [0.717, 1.165) is 39.3 Å². The SMILES string of the molecule is CC(C)(O)c1ccccc1-c1ccc2[nH]c(COc3ccccc3)nc2c1. The van der Waals surface area contributed by atoms with Crippen molar-refractivity contribution in [3.8, 4) is 16.9 Å². The Labute approximate surface area is 158 Å². The molecule has 0 aliphatic carbocycles. The van der Waals surface area contributed by atoms with Crippen LogP contribution in [0.1, 0.15) is 25.2 Å². The number of nitrogens with one attached hydrogen (secondary N) is 1. The number of imidazole rings is 1. The lowest BCUT2D eigenvalue weighted by Crippen LogP contribution is -2.16. The first kappa shape index (κ1) is 17.3. The number of rotatable bonds is 5. The van der Waals surface area contributed by atoms with E-state index in [1.54, 1.807) is 13.8 Å². The molecule has 4 heteroatoms. The normalized spacial score (nSPS) is 11.7. The van der Waals surface area contributed by atoms with Gasteiger partial charge in [0.25, 0.3) is 0 Å². The minimum atomic E-state index is -0.911. The first-order valence-corrected chi connectivity index (χ1v) is 8.99. The summed E-state index contributed by atoms with van der Waals surface area (Å²) in [5.41, 5.74) is 3.87. The summed E-state index contributed by atoms with van der Waals surface area (Å²) in [6.07, 6.45) is 0. The van der Waals surface area contributed by atoms with Crippen LogP contribution in [-0.2, 0) is 12.2 Å². The van der Waals surface area contributed by atoms with Crippen molar-refractivity contribution in [1.82, 2.24) is 9.97 Å². The van der Waals surface area contributed by atoms with Gasteiger partial charge in [-0.05, 0) is 54.8 Å². The fourth-order valence-electron chi connectivity index (χ4n) is 3.23. The summed E-state index contributed by atoms with van der Waals surface area (Å²) < 4.78 is 5.77. The van der Waals surface area contributed by atoms with Gasteiger partial charge in [0, 0.05) is 0 Å². The van der Waals surface area contributed by atoms with E-state index in [0.29, 0.717) is 6.61 Å². The Morgan fingerprint density at radius 2 is 1.70 bits per heavy atom. The molecule has 0 aliphatic heterocycles. The number of nitrogens with zero attached hydrogens (tertiary/aromatic N) is 1. The maximum Gasteiger partial charge on any atom is 0.146 e. The maximum atomic E-state index is 10.5. The van der Waals surface area contributed by atoms with Crippen LogP contribution in [0, 0.1) is 0 Å². The number of hydrogen-bond donors (Lipinski definition) is 2. The quantitative estimate of drug-likeness (QED) is 0.526. The molecule has 0 spiro atoms. The van der Waals surface area contributed by atoms with Crippen molar-refractivity contribution in [2.24, 2.45) is 0 Å². The van der Waals surface area contributed by atoms with Gasteiger partial charge in [0.2, 0.25) is 0 Å². The van der Waals surface area contributed by atoms with Crippen LogP contribution in [0.4, 0.5) is 0 Å². The fourth-order valence-corrected chi connectivity index (χ4v) is 3.23. The van der Waals surface area contributed by atoms with Gasteiger partial charge in [-0.2, -0.15) is 0 Å². The van der Waals surface area contributed by atoms with Crippen molar-refractivity contribution in [1.29, 1.82) is 0 Å². The van der Waals surface area contributed by atoms with E-state index in [2.05, 4.69) is 9.97 Å². The molecule has 0 fully saturated rings. The van der Waals surface area contributed by atoms with Crippen LogP contribution in [0.2, 0.25) is 0 Å². The van der Waals surface area contributed by atoms with Crippen LogP contribution in [0.5, 0.6) is 5.75 Å². The van der Waals surface area contributed by atoms with Crippen LogP contribution < -0.4 is 4.74 Å². The predicted molar refractivity (Wildman–Crippen MR) is 108 cm³/mol. The molecule has 1 heterocycles. The summed E-state index contributed by atoms with van der Waals surface area (Å²) in [5.74, 6) is 1.60. The highest BCUT2D eigenvalue weighted by Gasteiger charge is 2.20. The van der Waals surface area contributed by atoms with Crippen molar-refractivity contribution in [2.45, 2.75) is 26.1 Å². The van der Waals surface area contributed by atoms with E-state index in [1.807, 2.05) is 72.8 Å². The summed E-state index contributed by atoms with van der Waals surface area (Å²) in [7, 11) is 0. The highest BCUT2D eigenvalue weighted by Crippen LogP contribution is 2.32. The first-order valence-electron chi connectivity index (χ1n) is 8.99. The van der Waals surface area contributed by atoms with E-state index in [-0.39, 0.29) is 0 Å². The molecule has 136 valence electrons. The summed E-state index contributed by atoms with van der Waals surface area (Å²) in [5, 5.41) is 10.5. The highest BCUT2D eigenvalue weighted by molar-refractivity contribution is 5.83. The van der Waals surface area contributed by atoms with E-state index < -0.39 is 5.60 Å². The zero-order valence-electron chi connectivity index (χ0n) is 15.4. The van der Waals surface area contributed by atoms with Gasteiger partial charge in [-0.3, -0.25) is 0 Å². The summed E-state index contributed by atoms with van der Waals surface area (Å²) in [6, 6.07) is 23.7. The van der Waals surface area contributed by atoms with Gasteiger partial charge in [-0.25, -0.2) is 4.98 Å². The number of aromatic amines is 1. The molecule has 0 amide bonds. The lowest BCUT2D eigenvalue weighted by atomic mass is 9.89. The third-order valence-electron chi connectivity index (χ3n) is 4.55. The Morgan fingerprint density at radius 3 is 2.48 bits per heavy atom. The maximum absolute atomic E-state index is 10.5. The number of aromatic nitrogens is 2. The number of ether oxygens (including phenoxy) is 1. The Balaban J connectivity index is 1.64. The molecule has 2 N–H and O–H groups in total. The van der Waals surface area contributed by atoms with Crippen molar-refractivity contribution in [3.05, 3.63) is 84.2 Å². The number of fused-ring (bicyclic) bond motifs is 1. The average molecular weight is 358 g/mol. The number of H-pyrrole nitrogens is 1. The van der Waals surface area contributed by atoms with E-state index in [1.165, 1.54) is 0 Å². The van der Waals surface area contributed by atoms with Crippen LogP contribution in [0.15, 0.2) is 72.8 Å². The fraction of sp³-hybridized carbons (Fsp3) is 0.174. The van der Waals surface area contributed by atoms with Crippen LogP contribution in [-0.4, -0.2) is 15.1 Å². The van der Waals surface area contributed by atoms with Crippen LogP contribution in [0.3, 0.4) is 0 Å². The summed E-state index contributed by atoms with van der Waals surface area (Å²) in [4.78, 5) is 7.97. The number of para-hydroxylation sites is 1. The van der Waals surface area contributed by atoms with Crippen molar-refractivity contribution in [2.75, 3.05) is 0 Å². The third kappa shape index (κ3) is 3.71.